The fourth-order valence-electron chi connectivity index (χ4n) is 5.60. The number of pyridine rings is 1. The van der Waals surface area contributed by atoms with Gasteiger partial charge < -0.3 is 20.3 Å². The number of amides is 2. The van der Waals surface area contributed by atoms with Crippen LogP contribution in [0, 0.1) is 0 Å². The molecular formula is C29H30ClF3N4O3. The first-order valence-corrected chi connectivity index (χ1v) is 13.6. The van der Waals surface area contributed by atoms with Gasteiger partial charge >= 0.3 is 6.18 Å². The highest BCUT2D eigenvalue weighted by molar-refractivity contribution is 6.37. The molecule has 1 aromatic heterocycles. The van der Waals surface area contributed by atoms with Crippen LogP contribution in [0.15, 0.2) is 54.7 Å². The van der Waals surface area contributed by atoms with Crippen molar-refractivity contribution in [2.24, 2.45) is 0 Å². The number of hydrogen-bond acceptors (Lipinski definition) is 5. The number of carbonyl (C=O) groups excluding carboxylic acids is 2. The Hall–Kier alpha value is -3.53. The number of ether oxygens (including phenoxy) is 1. The highest BCUT2D eigenvalue weighted by Gasteiger charge is 2.43. The maximum Gasteiger partial charge on any atom is 0.405 e. The summed E-state index contributed by atoms with van der Waals surface area (Å²) in [7, 11) is 0. The summed E-state index contributed by atoms with van der Waals surface area (Å²) in [5.74, 6) is 0.0498. The fraction of sp³-hybridized carbons (Fsp3) is 0.414. The van der Waals surface area contributed by atoms with E-state index in [0.29, 0.717) is 29.4 Å². The van der Waals surface area contributed by atoms with Crippen molar-refractivity contribution in [1.82, 2.24) is 15.6 Å². The largest absolute Gasteiger partial charge is 0.476 e. The average Bonchev–Trinajstić information content (AvgIpc) is 3.18. The van der Waals surface area contributed by atoms with Gasteiger partial charge in [-0.2, -0.15) is 13.2 Å². The molecule has 0 spiro atoms. The Labute approximate surface area is 235 Å². The highest BCUT2D eigenvalue weighted by atomic mass is 35.5. The Morgan fingerprint density at radius 3 is 2.40 bits per heavy atom. The number of carbonyl (C=O) groups is 2. The Morgan fingerprint density at radius 2 is 1.75 bits per heavy atom. The molecule has 0 unspecified atom stereocenters. The van der Waals surface area contributed by atoms with Crippen LogP contribution in [0.3, 0.4) is 0 Å². The number of alkyl halides is 3. The van der Waals surface area contributed by atoms with E-state index < -0.39 is 24.2 Å². The van der Waals surface area contributed by atoms with Crippen molar-refractivity contribution in [2.75, 3.05) is 11.4 Å². The topological polar surface area (TPSA) is 83.6 Å². The van der Waals surface area contributed by atoms with Gasteiger partial charge in [0.05, 0.1) is 10.6 Å². The number of benzene rings is 2. The minimum atomic E-state index is -4.48. The average molecular weight is 575 g/mol. The monoisotopic (exact) mass is 574 g/mol. The summed E-state index contributed by atoms with van der Waals surface area (Å²) in [6, 6.07) is 14.8. The van der Waals surface area contributed by atoms with Crippen molar-refractivity contribution >= 4 is 40.0 Å². The second kappa shape index (κ2) is 10.8. The molecule has 3 heterocycles. The molecule has 2 aliphatic heterocycles. The van der Waals surface area contributed by atoms with Gasteiger partial charge in [0.1, 0.15) is 18.1 Å². The third-order valence-corrected chi connectivity index (χ3v) is 7.92. The Kier molecular flexibility index (Phi) is 7.56. The van der Waals surface area contributed by atoms with Crippen molar-refractivity contribution in [3.05, 3.63) is 65.3 Å². The van der Waals surface area contributed by atoms with E-state index in [2.05, 4.69) is 15.2 Å². The van der Waals surface area contributed by atoms with Gasteiger partial charge in [0.15, 0.2) is 5.60 Å². The summed E-state index contributed by atoms with van der Waals surface area (Å²) in [6.45, 7) is 2.04. The highest BCUT2D eigenvalue weighted by Crippen LogP contribution is 2.39. The molecule has 2 bridgehead atoms. The van der Waals surface area contributed by atoms with Gasteiger partial charge in [0, 0.05) is 29.7 Å². The number of fused-ring (bicyclic) bond motifs is 3. The van der Waals surface area contributed by atoms with E-state index in [1.807, 2.05) is 35.6 Å². The van der Waals surface area contributed by atoms with E-state index in [0.717, 1.165) is 23.6 Å². The molecular weight excluding hydrogens is 545 g/mol. The zero-order chi connectivity index (χ0) is 28.7. The molecule has 3 aromatic rings. The number of piperidine rings is 1. The molecule has 2 fully saturated rings. The Balaban J connectivity index is 1.20. The van der Waals surface area contributed by atoms with Gasteiger partial charge in [-0.15, -0.1) is 0 Å². The van der Waals surface area contributed by atoms with E-state index in [1.54, 1.807) is 26.0 Å². The van der Waals surface area contributed by atoms with Crippen molar-refractivity contribution in [1.29, 1.82) is 0 Å². The van der Waals surface area contributed by atoms with Gasteiger partial charge in [0.2, 0.25) is 0 Å². The molecule has 2 aromatic carbocycles. The summed E-state index contributed by atoms with van der Waals surface area (Å²) in [5.41, 5.74) is -1.09. The summed E-state index contributed by atoms with van der Waals surface area (Å²) >= 11 is 6.59. The molecule has 2 N–H and O–H groups in total. The lowest BCUT2D eigenvalue weighted by molar-refractivity contribution is -0.135. The minimum Gasteiger partial charge on any atom is -0.476 e. The first kappa shape index (κ1) is 28.0. The first-order chi connectivity index (χ1) is 18.9. The normalized spacial score (nSPS) is 20.9. The number of halogens is 4. The quantitative estimate of drug-likeness (QED) is 0.381. The van der Waals surface area contributed by atoms with E-state index in [-0.39, 0.29) is 29.6 Å². The zero-order valence-corrected chi connectivity index (χ0v) is 22.9. The van der Waals surface area contributed by atoms with Crippen molar-refractivity contribution < 1.29 is 27.5 Å². The van der Waals surface area contributed by atoms with Gasteiger partial charge in [0.25, 0.3) is 11.8 Å². The Bertz CT molecular complexity index is 1400. The van der Waals surface area contributed by atoms with Crippen LogP contribution in [0.2, 0.25) is 5.02 Å². The fourth-order valence-corrected chi connectivity index (χ4v) is 5.87. The molecule has 2 amide bonds. The van der Waals surface area contributed by atoms with Crippen LogP contribution in [-0.4, -0.2) is 53.2 Å². The van der Waals surface area contributed by atoms with Crippen molar-refractivity contribution in [3.63, 3.8) is 0 Å². The number of rotatable bonds is 7. The van der Waals surface area contributed by atoms with Crippen LogP contribution in [0.5, 0.6) is 5.75 Å². The predicted octanol–water partition coefficient (Wildman–Crippen LogP) is 5.65. The number of anilines is 1. The lowest BCUT2D eigenvalue weighted by Gasteiger charge is -2.40. The molecule has 3 atom stereocenters. The smallest absolute Gasteiger partial charge is 0.405 e. The summed E-state index contributed by atoms with van der Waals surface area (Å²) in [5, 5.41) is 7.31. The maximum atomic E-state index is 13.3. The molecule has 5 rings (SSSR count). The molecule has 0 aliphatic carbocycles. The maximum absolute atomic E-state index is 13.3. The zero-order valence-electron chi connectivity index (χ0n) is 22.1. The van der Waals surface area contributed by atoms with Crippen molar-refractivity contribution in [2.45, 2.75) is 69.4 Å². The predicted molar refractivity (Wildman–Crippen MR) is 147 cm³/mol. The summed E-state index contributed by atoms with van der Waals surface area (Å²) in [6.07, 6.45) is 0.103. The van der Waals surface area contributed by atoms with E-state index in [4.69, 9.17) is 16.3 Å². The van der Waals surface area contributed by atoms with Crippen LogP contribution in [0.4, 0.5) is 19.0 Å². The van der Waals surface area contributed by atoms with Crippen LogP contribution in [0.1, 0.15) is 49.9 Å². The third kappa shape index (κ3) is 5.96. The first-order valence-electron chi connectivity index (χ1n) is 13.2. The van der Waals surface area contributed by atoms with Gasteiger partial charge in [-0.3, -0.25) is 9.59 Å². The molecule has 40 heavy (non-hydrogen) atoms. The van der Waals surface area contributed by atoms with E-state index in [1.165, 1.54) is 12.3 Å². The second-order valence-electron chi connectivity index (χ2n) is 10.8. The van der Waals surface area contributed by atoms with Gasteiger partial charge in [-0.05, 0) is 63.1 Å². The van der Waals surface area contributed by atoms with E-state index in [9.17, 15) is 22.8 Å². The number of aromatic nitrogens is 1. The molecule has 0 radical (unpaired) electrons. The molecule has 0 saturated carbocycles. The van der Waals surface area contributed by atoms with Gasteiger partial charge in [-0.25, -0.2) is 4.98 Å². The summed E-state index contributed by atoms with van der Waals surface area (Å²) in [4.78, 5) is 31.9. The Morgan fingerprint density at radius 1 is 1.05 bits per heavy atom. The third-order valence-electron chi connectivity index (χ3n) is 7.53. The van der Waals surface area contributed by atoms with Crippen LogP contribution >= 0.6 is 11.6 Å². The minimum absolute atomic E-state index is 0.0522. The van der Waals surface area contributed by atoms with Gasteiger partial charge in [-0.1, -0.05) is 41.9 Å². The number of nitrogens with one attached hydrogen (secondary N) is 2. The molecule has 11 heteroatoms. The van der Waals surface area contributed by atoms with Crippen LogP contribution < -0.4 is 20.3 Å². The van der Waals surface area contributed by atoms with Crippen molar-refractivity contribution in [3.8, 4) is 5.75 Å². The lowest BCUT2D eigenvalue weighted by atomic mass is 9.96. The second-order valence-corrected chi connectivity index (χ2v) is 11.2. The van der Waals surface area contributed by atoms with E-state index >= 15 is 0 Å². The summed E-state index contributed by atoms with van der Waals surface area (Å²) < 4.78 is 43.3. The molecule has 2 aliphatic rings. The number of nitrogens with zero attached hydrogens (tertiary/aromatic N) is 2. The van der Waals surface area contributed by atoms with Crippen LogP contribution in [-0.2, 0) is 4.79 Å². The van der Waals surface area contributed by atoms with Crippen LogP contribution in [0.25, 0.3) is 10.8 Å². The molecule has 212 valence electrons. The standard InChI is InChI=1S/C29H30ClF3N4O3/c1-28(2,40-23-11-7-17-5-3-4-6-22(17)25(23)30)27(39)36-19-13-20-9-10-21(14-19)37(20)24-12-8-18(15-34-24)26(38)35-16-29(31,32)33/h3-8,11-12,15,19-21H,9-10,13-14,16H2,1-2H3,(H,35,38)(H,36,39)/t19-,20+,21-. The molecule has 2 saturated heterocycles. The lowest BCUT2D eigenvalue weighted by Crippen LogP contribution is -2.55. The SMILES string of the molecule is CC(C)(Oc1ccc2ccccc2c1Cl)C(=O)N[C@H]1C[C@H]2CC[C@@H](C1)N2c1ccc(C(=O)NCC(F)(F)F)cn1. The number of hydrogen-bond donors (Lipinski definition) is 2. The molecule has 7 nitrogen and oxygen atoms in total.